The maximum absolute atomic E-state index is 12.7. The quantitative estimate of drug-likeness (QED) is 0.563. The van der Waals surface area contributed by atoms with Crippen molar-refractivity contribution in [1.29, 1.82) is 0 Å². The Morgan fingerprint density at radius 2 is 1.61 bits per heavy atom. The molecule has 33 heavy (non-hydrogen) atoms. The minimum absolute atomic E-state index is 0.0354. The van der Waals surface area contributed by atoms with Gasteiger partial charge in [-0.25, -0.2) is 9.59 Å². The average molecular weight is 451 g/mol. The van der Waals surface area contributed by atoms with E-state index < -0.39 is 23.6 Å². The molecule has 1 unspecified atom stereocenters. The van der Waals surface area contributed by atoms with Gasteiger partial charge in [-0.3, -0.25) is 4.79 Å². The van der Waals surface area contributed by atoms with Gasteiger partial charge in [0.15, 0.2) is 0 Å². The van der Waals surface area contributed by atoms with Gasteiger partial charge in [-0.2, -0.15) is 0 Å². The van der Waals surface area contributed by atoms with Gasteiger partial charge in [-0.1, -0.05) is 62.4 Å². The van der Waals surface area contributed by atoms with E-state index in [1.54, 1.807) is 13.8 Å². The Bertz CT molecular complexity index is 1010. The number of benzene rings is 2. The molecule has 2 aromatic carbocycles. The molecule has 0 aromatic heterocycles. The van der Waals surface area contributed by atoms with Crippen LogP contribution in [0.4, 0.5) is 4.79 Å². The predicted molar refractivity (Wildman–Crippen MR) is 124 cm³/mol. The van der Waals surface area contributed by atoms with Gasteiger partial charge in [0.05, 0.1) is 5.54 Å². The number of carboxylic acids is 1. The second-order valence-corrected chi connectivity index (χ2v) is 9.39. The fourth-order valence-corrected chi connectivity index (χ4v) is 4.85. The molecular weight excluding hydrogens is 420 g/mol. The predicted octanol–water partition coefficient (Wildman–Crippen LogP) is 4.06. The van der Waals surface area contributed by atoms with Gasteiger partial charge in [0, 0.05) is 12.3 Å². The van der Waals surface area contributed by atoms with Crippen molar-refractivity contribution < 1.29 is 24.2 Å². The van der Waals surface area contributed by atoms with E-state index in [4.69, 9.17) is 4.74 Å². The highest BCUT2D eigenvalue weighted by Crippen LogP contribution is 2.44. The number of carbonyl (C=O) groups is 3. The maximum Gasteiger partial charge on any atom is 0.407 e. The van der Waals surface area contributed by atoms with E-state index in [-0.39, 0.29) is 30.8 Å². The lowest BCUT2D eigenvalue weighted by Gasteiger charge is -2.41. The minimum Gasteiger partial charge on any atom is -0.480 e. The van der Waals surface area contributed by atoms with Crippen LogP contribution in [0.2, 0.25) is 0 Å². The summed E-state index contributed by atoms with van der Waals surface area (Å²) in [6, 6.07) is 15.3. The fraction of sp³-hybridized carbons (Fsp3) is 0.423. The van der Waals surface area contributed by atoms with Crippen LogP contribution in [0.15, 0.2) is 48.5 Å². The lowest BCUT2D eigenvalue weighted by Crippen LogP contribution is -2.57. The summed E-state index contributed by atoms with van der Waals surface area (Å²) in [6.07, 6.45) is 1.69. The van der Waals surface area contributed by atoms with Gasteiger partial charge in [-0.15, -0.1) is 0 Å². The van der Waals surface area contributed by atoms with Crippen molar-refractivity contribution in [2.45, 2.75) is 57.0 Å². The zero-order valence-corrected chi connectivity index (χ0v) is 19.0. The van der Waals surface area contributed by atoms with Crippen LogP contribution in [0.5, 0.6) is 0 Å². The Hall–Kier alpha value is -3.35. The average Bonchev–Trinajstić information content (AvgIpc) is 3.08. The second-order valence-electron chi connectivity index (χ2n) is 9.39. The summed E-state index contributed by atoms with van der Waals surface area (Å²) in [6.45, 7) is 3.69. The number of carbonyl (C=O) groups excluding carboxylic acids is 2. The third-order valence-corrected chi connectivity index (χ3v) is 6.77. The molecule has 1 saturated carbocycles. The number of ether oxygens (including phenoxy) is 1. The number of alkyl carbamates (subject to hydrolysis) is 1. The number of hydrogen-bond acceptors (Lipinski definition) is 4. The molecule has 7 nitrogen and oxygen atoms in total. The van der Waals surface area contributed by atoms with E-state index >= 15 is 0 Å². The van der Waals surface area contributed by atoms with Crippen molar-refractivity contribution in [3.05, 3.63) is 59.7 Å². The SMILES string of the molecule is CC(C)C(NC(=O)CC1(NC(=O)OCC2c3ccccc3-c3ccccc32)CCC1)C(=O)O. The summed E-state index contributed by atoms with van der Waals surface area (Å²) in [5.74, 6) is -1.72. The van der Waals surface area contributed by atoms with Crippen molar-refractivity contribution in [3.8, 4) is 11.1 Å². The monoisotopic (exact) mass is 450 g/mol. The van der Waals surface area contributed by atoms with E-state index in [9.17, 15) is 19.5 Å². The van der Waals surface area contributed by atoms with E-state index in [0.29, 0.717) is 12.8 Å². The molecule has 2 amide bonds. The molecule has 0 radical (unpaired) electrons. The van der Waals surface area contributed by atoms with Crippen molar-refractivity contribution >= 4 is 18.0 Å². The number of nitrogens with one attached hydrogen (secondary N) is 2. The van der Waals surface area contributed by atoms with Crippen LogP contribution in [0.25, 0.3) is 11.1 Å². The molecule has 174 valence electrons. The highest BCUT2D eigenvalue weighted by molar-refractivity contribution is 5.85. The van der Waals surface area contributed by atoms with Crippen LogP contribution in [0, 0.1) is 5.92 Å². The highest BCUT2D eigenvalue weighted by Gasteiger charge is 2.42. The largest absolute Gasteiger partial charge is 0.480 e. The molecule has 0 spiro atoms. The number of carboxylic acid groups (broad SMARTS) is 1. The number of amides is 2. The minimum atomic E-state index is -1.06. The molecule has 7 heteroatoms. The summed E-state index contributed by atoms with van der Waals surface area (Å²) < 4.78 is 5.63. The standard InChI is InChI=1S/C26H30N2O5/c1-16(2)23(24(30)31)27-22(29)14-26(12-7-13-26)28-25(32)33-15-21-19-10-5-3-8-17(19)18-9-4-6-11-20(18)21/h3-6,8-11,16,21,23H,7,12-15H2,1-2H3,(H,27,29)(H,28,32)(H,30,31). The van der Waals surface area contributed by atoms with E-state index in [0.717, 1.165) is 28.7 Å². The first kappa shape index (κ1) is 22.8. The maximum atomic E-state index is 12.7. The Kier molecular flexibility index (Phi) is 6.40. The van der Waals surface area contributed by atoms with Crippen LogP contribution >= 0.6 is 0 Å². The third kappa shape index (κ3) is 4.72. The molecular formula is C26H30N2O5. The van der Waals surface area contributed by atoms with Gasteiger partial charge in [0.1, 0.15) is 12.6 Å². The highest BCUT2D eigenvalue weighted by atomic mass is 16.5. The molecule has 3 N–H and O–H groups in total. The summed E-state index contributed by atoms with van der Waals surface area (Å²) in [5, 5.41) is 14.8. The molecule has 2 aliphatic rings. The molecule has 1 fully saturated rings. The summed E-state index contributed by atoms with van der Waals surface area (Å²) in [4.78, 5) is 36.6. The number of hydrogen-bond donors (Lipinski definition) is 3. The van der Waals surface area contributed by atoms with E-state index in [1.807, 2.05) is 24.3 Å². The molecule has 1 atom stereocenters. The smallest absolute Gasteiger partial charge is 0.407 e. The Balaban J connectivity index is 1.37. The number of aliphatic carboxylic acids is 1. The summed E-state index contributed by atoms with van der Waals surface area (Å²) in [7, 11) is 0. The zero-order valence-electron chi connectivity index (χ0n) is 19.0. The van der Waals surface area contributed by atoms with Crippen molar-refractivity contribution in [3.63, 3.8) is 0 Å². The first-order valence-electron chi connectivity index (χ1n) is 11.4. The molecule has 4 rings (SSSR count). The van der Waals surface area contributed by atoms with Crippen molar-refractivity contribution in [2.24, 2.45) is 5.92 Å². The molecule has 0 saturated heterocycles. The van der Waals surface area contributed by atoms with Crippen LogP contribution in [0.1, 0.15) is 56.6 Å². The topological polar surface area (TPSA) is 105 Å². The lowest BCUT2D eigenvalue weighted by atomic mass is 9.74. The number of rotatable bonds is 8. The van der Waals surface area contributed by atoms with Crippen LogP contribution in [0.3, 0.4) is 0 Å². The molecule has 0 aliphatic heterocycles. The Morgan fingerprint density at radius 3 is 2.09 bits per heavy atom. The summed E-state index contributed by atoms with van der Waals surface area (Å²) in [5.41, 5.74) is 3.90. The lowest BCUT2D eigenvalue weighted by molar-refractivity contribution is -0.143. The normalized spacial score (nSPS) is 16.8. The zero-order chi connectivity index (χ0) is 23.6. The van der Waals surface area contributed by atoms with Gasteiger partial charge < -0.3 is 20.5 Å². The van der Waals surface area contributed by atoms with Crippen molar-refractivity contribution in [2.75, 3.05) is 6.61 Å². The second kappa shape index (κ2) is 9.25. The van der Waals surface area contributed by atoms with Crippen LogP contribution in [-0.4, -0.2) is 41.3 Å². The van der Waals surface area contributed by atoms with Crippen molar-refractivity contribution in [1.82, 2.24) is 10.6 Å². The third-order valence-electron chi connectivity index (χ3n) is 6.77. The van der Waals surface area contributed by atoms with E-state index in [2.05, 4.69) is 34.9 Å². The molecule has 2 aromatic rings. The molecule has 0 heterocycles. The van der Waals surface area contributed by atoms with Gasteiger partial charge in [-0.05, 0) is 47.4 Å². The first-order chi connectivity index (χ1) is 15.8. The van der Waals surface area contributed by atoms with Gasteiger partial charge >= 0.3 is 12.1 Å². The first-order valence-corrected chi connectivity index (χ1v) is 11.4. The Labute approximate surface area is 193 Å². The van der Waals surface area contributed by atoms with E-state index in [1.165, 1.54) is 0 Å². The molecule has 2 aliphatic carbocycles. The summed E-state index contributed by atoms with van der Waals surface area (Å²) >= 11 is 0. The Morgan fingerprint density at radius 1 is 1.03 bits per heavy atom. The van der Waals surface area contributed by atoms with Gasteiger partial charge in [0.25, 0.3) is 0 Å². The fourth-order valence-electron chi connectivity index (χ4n) is 4.85. The van der Waals surface area contributed by atoms with Crippen LogP contribution < -0.4 is 10.6 Å². The molecule has 0 bridgehead atoms. The van der Waals surface area contributed by atoms with Gasteiger partial charge in [0.2, 0.25) is 5.91 Å². The van der Waals surface area contributed by atoms with Crippen LogP contribution in [-0.2, 0) is 14.3 Å². The number of fused-ring (bicyclic) bond motifs is 3.